The van der Waals surface area contributed by atoms with Crippen molar-refractivity contribution in [2.24, 2.45) is 0 Å². The van der Waals surface area contributed by atoms with Crippen molar-refractivity contribution in [1.82, 2.24) is 4.31 Å². The molecule has 0 saturated heterocycles. The van der Waals surface area contributed by atoms with Crippen LogP contribution in [0.3, 0.4) is 0 Å². The first-order valence-corrected chi connectivity index (χ1v) is 8.13. The number of hydrogen-bond donors (Lipinski definition) is 0. The Kier molecular flexibility index (Phi) is 4.47. The van der Waals surface area contributed by atoms with Crippen molar-refractivity contribution >= 4 is 26.9 Å². The normalized spacial score (nSPS) is 11.3. The molecule has 0 spiro atoms. The number of nitrogens with zero attached hydrogens (tertiary/aromatic N) is 1. The van der Waals surface area contributed by atoms with E-state index in [0.717, 1.165) is 9.69 Å². The summed E-state index contributed by atoms with van der Waals surface area (Å²) in [4.78, 5) is 12.0. The molecule has 0 heterocycles. The molecule has 0 saturated carbocycles. The van der Waals surface area contributed by atoms with Crippen molar-refractivity contribution < 1.29 is 17.9 Å². The second-order valence-corrected chi connectivity index (χ2v) is 6.18. The minimum atomic E-state index is -3.94. The van der Waals surface area contributed by atoms with Crippen LogP contribution in [0.15, 0.2) is 47.4 Å². The Morgan fingerprint density at radius 1 is 1.10 bits per heavy atom. The molecule has 0 aliphatic rings. The number of amides is 1. The highest BCUT2D eigenvalue weighted by Gasteiger charge is 2.30. The molecular formula is C15H17NO4S. The molecule has 0 unspecified atom stereocenters. The van der Waals surface area contributed by atoms with Gasteiger partial charge in [-0.1, -0.05) is 36.4 Å². The second kappa shape index (κ2) is 6.13. The fraction of sp³-hybridized carbons (Fsp3) is 0.267. The molecule has 2 aromatic carbocycles. The topological polar surface area (TPSA) is 63.7 Å². The molecule has 0 aliphatic heterocycles. The van der Waals surface area contributed by atoms with Gasteiger partial charge in [-0.3, -0.25) is 0 Å². The van der Waals surface area contributed by atoms with E-state index in [9.17, 15) is 13.2 Å². The average molecular weight is 307 g/mol. The lowest BCUT2D eigenvalue weighted by molar-refractivity contribution is 0.132. The Bertz CT molecular complexity index is 750. The molecule has 0 bridgehead atoms. The fourth-order valence-corrected chi connectivity index (χ4v) is 3.67. The predicted octanol–water partition coefficient (Wildman–Crippen LogP) is 3.01. The number of ether oxygens (including phenoxy) is 1. The van der Waals surface area contributed by atoms with Crippen molar-refractivity contribution in [2.75, 3.05) is 13.2 Å². The third-order valence-corrected chi connectivity index (χ3v) is 4.98. The molecule has 0 atom stereocenters. The molecular weight excluding hydrogens is 290 g/mol. The minimum Gasteiger partial charge on any atom is -0.449 e. The maximum Gasteiger partial charge on any atom is 0.423 e. The zero-order chi connectivity index (χ0) is 15.5. The van der Waals surface area contributed by atoms with Crippen LogP contribution in [0.2, 0.25) is 0 Å². The summed E-state index contributed by atoms with van der Waals surface area (Å²) in [6.45, 7) is 3.38. The number of carbonyl (C=O) groups excluding carboxylic acids is 1. The average Bonchev–Trinajstić information content (AvgIpc) is 2.47. The van der Waals surface area contributed by atoms with Crippen LogP contribution in [-0.2, 0) is 14.8 Å². The molecule has 6 heteroatoms. The summed E-state index contributed by atoms with van der Waals surface area (Å²) in [7, 11) is -3.94. The van der Waals surface area contributed by atoms with Gasteiger partial charge in [0.1, 0.15) is 0 Å². The summed E-state index contributed by atoms with van der Waals surface area (Å²) >= 11 is 0. The Hall–Kier alpha value is -2.08. The van der Waals surface area contributed by atoms with E-state index in [0.29, 0.717) is 5.39 Å². The van der Waals surface area contributed by atoms with Gasteiger partial charge in [0.2, 0.25) is 0 Å². The highest BCUT2D eigenvalue weighted by atomic mass is 32.2. The van der Waals surface area contributed by atoms with E-state index in [1.807, 2.05) is 18.2 Å². The number of carbonyl (C=O) groups is 1. The Balaban J connectivity index is 2.58. The van der Waals surface area contributed by atoms with E-state index in [1.165, 1.54) is 6.07 Å². The maximum absolute atomic E-state index is 12.7. The molecule has 0 N–H and O–H groups in total. The Morgan fingerprint density at radius 3 is 2.43 bits per heavy atom. The largest absolute Gasteiger partial charge is 0.449 e. The molecule has 21 heavy (non-hydrogen) atoms. The standard InChI is InChI=1S/C15H17NO4S/c1-3-16(15(17)20-4-2)21(18,19)14-11-7-9-12-8-5-6-10-13(12)14/h5-11H,3-4H2,1-2H3. The third kappa shape index (κ3) is 2.85. The van der Waals surface area contributed by atoms with E-state index in [4.69, 9.17) is 4.74 Å². The Labute approximate surface area is 124 Å². The summed E-state index contributed by atoms with van der Waals surface area (Å²) in [5.74, 6) is 0. The molecule has 2 aromatic rings. The first kappa shape index (κ1) is 15.3. The lowest BCUT2D eigenvalue weighted by Gasteiger charge is -2.20. The quantitative estimate of drug-likeness (QED) is 0.871. The number of benzene rings is 2. The lowest BCUT2D eigenvalue weighted by atomic mass is 10.1. The van der Waals surface area contributed by atoms with Gasteiger partial charge in [0.05, 0.1) is 11.5 Å². The van der Waals surface area contributed by atoms with Crippen LogP contribution in [0, 0.1) is 0 Å². The summed E-state index contributed by atoms with van der Waals surface area (Å²) in [5.41, 5.74) is 0. The molecule has 0 radical (unpaired) electrons. The van der Waals surface area contributed by atoms with Crippen LogP contribution in [-0.4, -0.2) is 32.0 Å². The highest BCUT2D eigenvalue weighted by molar-refractivity contribution is 7.89. The number of hydrogen-bond acceptors (Lipinski definition) is 4. The van der Waals surface area contributed by atoms with Crippen molar-refractivity contribution in [3.05, 3.63) is 42.5 Å². The van der Waals surface area contributed by atoms with Crippen LogP contribution < -0.4 is 0 Å². The fourth-order valence-electron chi connectivity index (χ4n) is 2.13. The van der Waals surface area contributed by atoms with Gasteiger partial charge < -0.3 is 4.74 Å². The van der Waals surface area contributed by atoms with Crippen LogP contribution in [0.1, 0.15) is 13.8 Å². The van der Waals surface area contributed by atoms with Gasteiger partial charge in [0, 0.05) is 11.9 Å². The minimum absolute atomic E-state index is 0.0182. The van der Waals surface area contributed by atoms with E-state index in [2.05, 4.69) is 0 Å². The van der Waals surface area contributed by atoms with Gasteiger partial charge in [-0.2, -0.15) is 0 Å². The van der Waals surface area contributed by atoms with Gasteiger partial charge >= 0.3 is 6.09 Å². The number of rotatable bonds is 4. The summed E-state index contributed by atoms with van der Waals surface area (Å²) in [5, 5.41) is 1.39. The zero-order valence-electron chi connectivity index (χ0n) is 11.9. The molecule has 5 nitrogen and oxygen atoms in total. The first-order valence-electron chi connectivity index (χ1n) is 6.69. The van der Waals surface area contributed by atoms with Crippen LogP contribution >= 0.6 is 0 Å². The summed E-state index contributed by atoms with van der Waals surface area (Å²) in [6.07, 6.45) is -0.854. The summed E-state index contributed by atoms with van der Waals surface area (Å²) in [6, 6.07) is 12.1. The predicted molar refractivity (Wildman–Crippen MR) is 80.5 cm³/mol. The second-order valence-electron chi connectivity index (χ2n) is 4.35. The highest BCUT2D eigenvalue weighted by Crippen LogP contribution is 2.25. The molecule has 0 aromatic heterocycles. The molecule has 1 amide bonds. The van der Waals surface area contributed by atoms with Crippen LogP contribution in [0.4, 0.5) is 4.79 Å². The van der Waals surface area contributed by atoms with E-state index in [1.54, 1.807) is 32.0 Å². The molecule has 2 rings (SSSR count). The van der Waals surface area contributed by atoms with Crippen molar-refractivity contribution in [1.29, 1.82) is 0 Å². The van der Waals surface area contributed by atoms with E-state index < -0.39 is 16.1 Å². The monoisotopic (exact) mass is 307 g/mol. The van der Waals surface area contributed by atoms with E-state index in [-0.39, 0.29) is 18.0 Å². The van der Waals surface area contributed by atoms with Gasteiger partial charge in [-0.25, -0.2) is 17.5 Å². The SMILES string of the molecule is CCOC(=O)N(CC)S(=O)(=O)c1cccc2ccccc12. The molecule has 0 aliphatic carbocycles. The Morgan fingerprint density at radius 2 is 1.76 bits per heavy atom. The summed E-state index contributed by atoms with van der Waals surface area (Å²) < 4.78 is 31.0. The number of sulfonamides is 1. The zero-order valence-corrected chi connectivity index (χ0v) is 12.8. The number of fused-ring (bicyclic) bond motifs is 1. The van der Waals surface area contributed by atoms with Crippen molar-refractivity contribution in [3.8, 4) is 0 Å². The van der Waals surface area contributed by atoms with Crippen molar-refractivity contribution in [3.63, 3.8) is 0 Å². The smallest absolute Gasteiger partial charge is 0.423 e. The van der Waals surface area contributed by atoms with Crippen LogP contribution in [0.5, 0.6) is 0 Å². The third-order valence-electron chi connectivity index (χ3n) is 3.08. The lowest BCUT2D eigenvalue weighted by Crippen LogP contribution is -2.37. The van der Waals surface area contributed by atoms with Gasteiger partial charge in [0.25, 0.3) is 10.0 Å². The van der Waals surface area contributed by atoms with Crippen molar-refractivity contribution in [2.45, 2.75) is 18.7 Å². The van der Waals surface area contributed by atoms with Gasteiger partial charge in [0.15, 0.2) is 0 Å². The molecule has 0 fully saturated rings. The van der Waals surface area contributed by atoms with E-state index >= 15 is 0 Å². The first-order chi connectivity index (χ1) is 10.0. The van der Waals surface area contributed by atoms with Crippen LogP contribution in [0.25, 0.3) is 10.8 Å². The van der Waals surface area contributed by atoms with Gasteiger partial charge in [-0.15, -0.1) is 0 Å². The molecule has 112 valence electrons. The van der Waals surface area contributed by atoms with Gasteiger partial charge in [-0.05, 0) is 25.3 Å². The maximum atomic E-state index is 12.7.